The summed E-state index contributed by atoms with van der Waals surface area (Å²) in [6.07, 6.45) is -0.817. The average Bonchev–Trinajstić information content (AvgIpc) is 2.29. The van der Waals surface area contributed by atoms with E-state index >= 15 is 0 Å². The number of aliphatic carboxylic acids is 1. The number of alkyl carbamates (subject to hydrolysis) is 1. The van der Waals surface area contributed by atoms with Crippen LogP contribution in [0.1, 0.15) is 20.8 Å². The zero-order chi connectivity index (χ0) is 15.9. The van der Waals surface area contributed by atoms with Crippen LogP contribution in [0.2, 0.25) is 0 Å². The summed E-state index contributed by atoms with van der Waals surface area (Å²) in [7, 11) is 0. The first kappa shape index (κ1) is 18.5. The van der Waals surface area contributed by atoms with E-state index in [1.165, 1.54) is 0 Å². The standard InChI is InChI=1S/C11H20N2O6S/c1-11(2,3)19-10(18)13-7(5-20)8(15)12-6(4-14)9(16)17/h6-7,14,20H,4-5H2,1-3H3,(H,12,15)(H,13,18)(H,16,17)/t6-,7-/m0/s1. The summed E-state index contributed by atoms with van der Waals surface area (Å²) in [5.41, 5.74) is -0.726. The van der Waals surface area contributed by atoms with Gasteiger partial charge in [-0.05, 0) is 20.8 Å². The first-order valence-corrected chi connectivity index (χ1v) is 6.48. The van der Waals surface area contributed by atoms with Crippen molar-refractivity contribution in [3.05, 3.63) is 0 Å². The van der Waals surface area contributed by atoms with Gasteiger partial charge in [0.15, 0.2) is 0 Å². The molecule has 0 aromatic rings. The Bertz CT molecular complexity index is 368. The van der Waals surface area contributed by atoms with Crippen LogP contribution < -0.4 is 10.6 Å². The van der Waals surface area contributed by atoms with Gasteiger partial charge in [0.1, 0.15) is 17.7 Å². The van der Waals surface area contributed by atoms with Crippen LogP contribution in [0, 0.1) is 0 Å². The number of ether oxygens (including phenoxy) is 1. The minimum Gasteiger partial charge on any atom is -0.480 e. The number of rotatable bonds is 6. The molecule has 0 aliphatic carbocycles. The SMILES string of the molecule is CC(C)(C)OC(=O)N[C@@H](CS)C(=O)N[C@@H](CO)C(=O)O. The maximum atomic E-state index is 11.7. The lowest BCUT2D eigenvalue weighted by Crippen LogP contribution is -2.54. The number of aliphatic hydroxyl groups is 1. The minimum atomic E-state index is -1.44. The van der Waals surface area contributed by atoms with E-state index in [-0.39, 0.29) is 5.75 Å². The number of aliphatic hydroxyl groups excluding tert-OH is 1. The van der Waals surface area contributed by atoms with Crippen LogP contribution in [-0.2, 0) is 14.3 Å². The Hall–Kier alpha value is -1.48. The number of carbonyl (C=O) groups excluding carboxylic acids is 2. The molecule has 0 heterocycles. The lowest BCUT2D eigenvalue weighted by atomic mass is 10.2. The van der Waals surface area contributed by atoms with Crippen molar-refractivity contribution in [1.82, 2.24) is 10.6 Å². The van der Waals surface area contributed by atoms with E-state index in [2.05, 4.69) is 23.3 Å². The highest BCUT2D eigenvalue weighted by molar-refractivity contribution is 7.80. The van der Waals surface area contributed by atoms with Crippen LogP contribution in [0.5, 0.6) is 0 Å². The van der Waals surface area contributed by atoms with Gasteiger partial charge in [-0.25, -0.2) is 9.59 Å². The van der Waals surface area contributed by atoms with Crippen molar-refractivity contribution >= 4 is 30.6 Å². The molecule has 0 fully saturated rings. The zero-order valence-corrected chi connectivity index (χ0v) is 12.4. The molecule has 0 unspecified atom stereocenters. The van der Waals surface area contributed by atoms with Crippen LogP contribution in [-0.4, -0.2) is 58.2 Å². The fraction of sp³-hybridized carbons (Fsp3) is 0.727. The van der Waals surface area contributed by atoms with Gasteiger partial charge in [-0.2, -0.15) is 12.6 Å². The van der Waals surface area contributed by atoms with Crippen molar-refractivity contribution in [1.29, 1.82) is 0 Å². The molecule has 0 aliphatic heterocycles. The summed E-state index contributed by atoms with van der Waals surface area (Å²) in [4.78, 5) is 33.9. The summed E-state index contributed by atoms with van der Waals surface area (Å²) in [5, 5.41) is 21.9. The van der Waals surface area contributed by atoms with E-state index in [1.807, 2.05) is 0 Å². The van der Waals surface area contributed by atoms with Crippen LogP contribution in [0.3, 0.4) is 0 Å². The molecule has 0 saturated heterocycles. The maximum Gasteiger partial charge on any atom is 0.408 e. The van der Waals surface area contributed by atoms with Crippen LogP contribution in [0.25, 0.3) is 0 Å². The van der Waals surface area contributed by atoms with Crippen molar-refractivity contribution in [2.75, 3.05) is 12.4 Å². The average molecular weight is 308 g/mol. The van der Waals surface area contributed by atoms with Crippen LogP contribution >= 0.6 is 12.6 Å². The van der Waals surface area contributed by atoms with Gasteiger partial charge in [-0.15, -0.1) is 0 Å². The quantitative estimate of drug-likeness (QED) is 0.416. The Morgan fingerprint density at radius 3 is 2.10 bits per heavy atom. The third-order valence-corrected chi connectivity index (χ3v) is 2.35. The van der Waals surface area contributed by atoms with Gasteiger partial charge in [0.05, 0.1) is 6.61 Å². The summed E-state index contributed by atoms with van der Waals surface area (Å²) < 4.78 is 4.97. The Morgan fingerprint density at radius 1 is 1.20 bits per heavy atom. The third kappa shape index (κ3) is 7.19. The monoisotopic (exact) mass is 308 g/mol. The number of carboxylic acid groups (broad SMARTS) is 1. The Kier molecular flexibility index (Phi) is 7.36. The molecule has 0 radical (unpaired) electrons. The van der Waals surface area contributed by atoms with Gasteiger partial charge >= 0.3 is 12.1 Å². The summed E-state index contributed by atoms with van der Waals surface area (Å²) >= 11 is 3.90. The van der Waals surface area contributed by atoms with Crippen LogP contribution in [0.4, 0.5) is 4.79 Å². The number of hydrogen-bond acceptors (Lipinski definition) is 6. The second-order valence-electron chi connectivity index (χ2n) is 4.96. The zero-order valence-electron chi connectivity index (χ0n) is 11.5. The second-order valence-corrected chi connectivity index (χ2v) is 5.33. The summed E-state index contributed by atoms with van der Waals surface area (Å²) in [5.74, 6) is -2.20. The number of carbonyl (C=O) groups is 3. The lowest BCUT2D eigenvalue weighted by molar-refractivity contribution is -0.143. The fourth-order valence-corrected chi connectivity index (χ4v) is 1.36. The van der Waals surface area contributed by atoms with Gasteiger partial charge in [0, 0.05) is 5.75 Å². The topological polar surface area (TPSA) is 125 Å². The Morgan fingerprint density at radius 2 is 1.75 bits per heavy atom. The molecule has 9 heteroatoms. The Balaban J connectivity index is 4.56. The number of nitrogens with one attached hydrogen (secondary N) is 2. The van der Waals surface area contributed by atoms with Crippen molar-refractivity contribution in [2.45, 2.75) is 38.5 Å². The van der Waals surface area contributed by atoms with E-state index in [0.717, 1.165) is 0 Å². The van der Waals surface area contributed by atoms with E-state index in [0.29, 0.717) is 0 Å². The minimum absolute atomic E-state index is 0.0527. The second kappa shape index (κ2) is 7.95. The predicted molar refractivity (Wildman–Crippen MR) is 73.7 cm³/mol. The lowest BCUT2D eigenvalue weighted by Gasteiger charge is -2.23. The van der Waals surface area contributed by atoms with E-state index in [4.69, 9.17) is 14.9 Å². The van der Waals surface area contributed by atoms with Crippen molar-refractivity contribution in [2.24, 2.45) is 0 Å². The van der Waals surface area contributed by atoms with Crippen LogP contribution in [0.15, 0.2) is 0 Å². The third-order valence-electron chi connectivity index (χ3n) is 1.99. The first-order chi connectivity index (χ1) is 9.10. The summed E-state index contributed by atoms with van der Waals surface area (Å²) in [6, 6.07) is -2.51. The molecule has 0 saturated carbocycles. The smallest absolute Gasteiger partial charge is 0.408 e. The molecule has 2 amide bonds. The van der Waals surface area contributed by atoms with Crippen molar-refractivity contribution in [3.63, 3.8) is 0 Å². The van der Waals surface area contributed by atoms with E-state index in [9.17, 15) is 14.4 Å². The largest absolute Gasteiger partial charge is 0.480 e. The fourth-order valence-electron chi connectivity index (χ4n) is 1.10. The molecule has 0 bridgehead atoms. The number of carboxylic acids is 1. The molecule has 4 N–H and O–H groups in total. The van der Waals surface area contributed by atoms with Gasteiger partial charge in [0.25, 0.3) is 0 Å². The predicted octanol–water partition coefficient (Wildman–Crippen LogP) is -0.629. The van der Waals surface area contributed by atoms with E-state index in [1.54, 1.807) is 20.8 Å². The number of thiol groups is 1. The highest BCUT2D eigenvalue weighted by Gasteiger charge is 2.26. The molecule has 20 heavy (non-hydrogen) atoms. The summed E-state index contributed by atoms with van der Waals surface area (Å²) in [6.45, 7) is 4.23. The maximum absolute atomic E-state index is 11.7. The molecule has 0 aromatic heterocycles. The van der Waals surface area contributed by atoms with Crippen molar-refractivity contribution in [3.8, 4) is 0 Å². The highest BCUT2D eigenvalue weighted by Crippen LogP contribution is 2.07. The molecule has 0 aliphatic rings. The molecular formula is C11H20N2O6S. The normalized spacial score (nSPS) is 14.1. The molecule has 116 valence electrons. The van der Waals surface area contributed by atoms with E-state index < -0.39 is 42.3 Å². The molecule has 8 nitrogen and oxygen atoms in total. The van der Waals surface area contributed by atoms with Gasteiger partial charge in [0.2, 0.25) is 5.91 Å². The van der Waals surface area contributed by atoms with Crippen molar-refractivity contribution < 1.29 is 29.3 Å². The number of amides is 2. The van der Waals surface area contributed by atoms with Gasteiger partial charge < -0.3 is 25.6 Å². The molecular weight excluding hydrogens is 288 g/mol. The number of hydrogen-bond donors (Lipinski definition) is 5. The van der Waals surface area contributed by atoms with Gasteiger partial charge in [-0.3, -0.25) is 4.79 Å². The van der Waals surface area contributed by atoms with Gasteiger partial charge in [-0.1, -0.05) is 0 Å². The molecule has 0 rings (SSSR count). The molecule has 0 aromatic carbocycles. The molecule has 2 atom stereocenters. The molecule has 0 spiro atoms. The highest BCUT2D eigenvalue weighted by atomic mass is 32.1. The first-order valence-electron chi connectivity index (χ1n) is 5.85. The Labute approximate surface area is 122 Å².